The molecule has 1 aromatic heterocycles. The number of benzene rings is 3. The highest BCUT2D eigenvalue weighted by Gasteiger charge is 2.47. The molecule has 0 radical (unpaired) electrons. The van der Waals surface area contributed by atoms with E-state index < -0.39 is 11.7 Å². The molecule has 222 valence electrons. The van der Waals surface area contributed by atoms with Gasteiger partial charge in [-0.05, 0) is 67.3 Å². The van der Waals surface area contributed by atoms with Crippen molar-refractivity contribution in [1.82, 2.24) is 14.8 Å². The van der Waals surface area contributed by atoms with Crippen LogP contribution in [-0.4, -0.2) is 20.6 Å². The first-order valence-corrected chi connectivity index (χ1v) is 14.9. The lowest BCUT2D eigenvalue weighted by atomic mass is 9.69. The molecule has 0 spiro atoms. The minimum atomic E-state index is -0.859. The number of nitrogens with two attached hydrogens (primary N) is 1. The van der Waals surface area contributed by atoms with E-state index in [0.717, 1.165) is 10.2 Å². The second kappa shape index (κ2) is 11.3. The molecule has 0 bridgehead atoms. The molecule has 1 atom stereocenters. The smallest absolute Gasteiger partial charge is 0.227 e. The number of Topliss-reactive ketones (excluding diaryl/α,β-unsaturated/α-hetero) is 1. The lowest BCUT2D eigenvalue weighted by molar-refractivity contribution is -0.118. The van der Waals surface area contributed by atoms with E-state index >= 15 is 0 Å². The number of nitriles is 1. The largest absolute Gasteiger partial charge is 0.438 e. The van der Waals surface area contributed by atoms with E-state index in [9.17, 15) is 14.4 Å². The van der Waals surface area contributed by atoms with Crippen molar-refractivity contribution >= 4 is 27.4 Å². The van der Waals surface area contributed by atoms with Crippen LogP contribution in [0.4, 0.5) is 10.1 Å². The summed E-state index contributed by atoms with van der Waals surface area (Å²) in [6.07, 6.45) is 0.818. The number of nitrogens with one attached hydrogen (secondary N) is 1. The van der Waals surface area contributed by atoms with Crippen molar-refractivity contribution in [2.24, 2.45) is 11.1 Å². The Hall–Kier alpha value is -4.88. The van der Waals surface area contributed by atoms with Crippen molar-refractivity contribution in [3.8, 4) is 23.4 Å². The number of halogens is 2. The van der Waals surface area contributed by atoms with E-state index in [1.807, 2.05) is 75.4 Å². The number of carbonyl (C=O) groups is 1. The average molecular weight is 654 g/mol. The predicted octanol–water partition coefficient (Wildman–Crippen LogP) is 7.64. The fourth-order valence-corrected chi connectivity index (χ4v) is 6.18. The summed E-state index contributed by atoms with van der Waals surface area (Å²) in [6, 6.07) is 25.0. The molecule has 0 saturated heterocycles. The molecule has 6 rings (SSSR count). The minimum absolute atomic E-state index is 0.0901. The number of allylic oxidation sites excluding steroid dienone is 3. The summed E-state index contributed by atoms with van der Waals surface area (Å²) in [5, 5.41) is 17.1. The van der Waals surface area contributed by atoms with Crippen LogP contribution in [0.25, 0.3) is 5.69 Å². The second-order valence-corrected chi connectivity index (χ2v) is 12.6. The van der Waals surface area contributed by atoms with Gasteiger partial charge in [-0.2, -0.15) is 10.4 Å². The fourth-order valence-electron chi connectivity index (χ4n) is 5.91. The summed E-state index contributed by atoms with van der Waals surface area (Å²) in [5.41, 5.74) is 13.6. The normalized spacial score (nSPS) is 17.8. The van der Waals surface area contributed by atoms with Crippen molar-refractivity contribution in [2.75, 3.05) is 5.43 Å². The SMILES string of the molecule is Cc1nn(-c2ccccc2)c(Oc2cccc(F)c2)c1C1C(C#N)=C(N)N(Nc2ccc(Br)cc2)C2=C1C(=O)CC(C)(C)C2. The topological polar surface area (TPSA) is 109 Å². The molecule has 4 aromatic rings. The molecule has 3 N–H and O–H groups in total. The summed E-state index contributed by atoms with van der Waals surface area (Å²) in [4.78, 5) is 14.1. The number of carbonyl (C=O) groups excluding carboxylic acids is 1. The lowest BCUT2D eigenvalue weighted by Crippen LogP contribution is -2.44. The number of aromatic nitrogens is 2. The van der Waals surface area contributed by atoms with E-state index in [1.54, 1.807) is 21.8 Å². The van der Waals surface area contributed by atoms with Crippen molar-refractivity contribution < 1.29 is 13.9 Å². The summed E-state index contributed by atoms with van der Waals surface area (Å²) >= 11 is 3.46. The Kier molecular flexibility index (Phi) is 7.51. The summed E-state index contributed by atoms with van der Waals surface area (Å²) in [5.74, 6) is -0.721. The Bertz CT molecular complexity index is 1870. The van der Waals surface area contributed by atoms with Gasteiger partial charge in [0.15, 0.2) is 5.78 Å². The Morgan fingerprint density at radius 3 is 2.50 bits per heavy atom. The first kappa shape index (κ1) is 29.2. The van der Waals surface area contributed by atoms with Crippen molar-refractivity contribution in [1.29, 1.82) is 5.26 Å². The maximum Gasteiger partial charge on any atom is 0.227 e. The number of nitrogens with zero attached hydrogens (tertiary/aromatic N) is 4. The molecular weight excluding hydrogens is 623 g/mol. The van der Waals surface area contributed by atoms with Gasteiger partial charge in [-0.3, -0.25) is 10.2 Å². The summed E-state index contributed by atoms with van der Waals surface area (Å²) < 4.78 is 23.2. The third-order valence-corrected chi connectivity index (χ3v) is 8.36. The van der Waals surface area contributed by atoms with Gasteiger partial charge in [0.25, 0.3) is 0 Å². The highest BCUT2D eigenvalue weighted by Crippen LogP contribution is 2.52. The number of hydrogen-bond acceptors (Lipinski definition) is 7. The fraction of sp³-hybridized carbons (Fsp3) is 0.206. The Labute approximate surface area is 263 Å². The van der Waals surface area contributed by atoms with Crippen LogP contribution in [0.1, 0.15) is 43.9 Å². The number of rotatable bonds is 6. The average Bonchev–Trinajstić information content (AvgIpc) is 3.30. The van der Waals surface area contributed by atoms with Crippen LogP contribution in [0.15, 0.2) is 106 Å². The molecule has 8 nitrogen and oxygen atoms in total. The van der Waals surface area contributed by atoms with Gasteiger partial charge in [0.2, 0.25) is 5.88 Å². The van der Waals surface area contributed by atoms with Crippen molar-refractivity contribution in [3.63, 3.8) is 0 Å². The van der Waals surface area contributed by atoms with Crippen LogP contribution in [0.2, 0.25) is 0 Å². The van der Waals surface area contributed by atoms with E-state index in [2.05, 4.69) is 27.4 Å². The maximum absolute atomic E-state index is 14.3. The molecule has 3 aromatic carbocycles. The minimum Gasteiger partial charge on any atom is -0.438 e. The van der Waals surface area contributed by atoms with Crippen LogP contribution in [0.5, 0.6) is 11.6 Å². The quantitative estimate of drug-likeness (QED) is 0.220. The van der Waals surface area contributed by atoms with Crippen LogP contribution in [-0.2, 0) is 4.79 Å². The first-order valence-electron chi connectivity index (χ1n) is 14.1. The number of ketones is 1. The third-order valence-electron chi connectivity index (χ3n) is 7.83. The first-order chi connectivity index (χ1) is 21.1. The van der Waals surface area contributed by atoms with Crippen molar-refractivity contribution in [3.05, 3.63) is 123 Å². The monoisotopic (exact) mass is 652 g/mol. The number of para-hydroxylation sites is 1. The van der Waals surface area contributed by atoms with Gasteiger partial charge in [-0.15, -0.1) is 0 Å². The molecular formula is C34H30BrFN6O2. The molecule has 1 aliphatic carbocycles. The maximum atomic E-state index is 14.3. The molecule has 10 heteroatoms. The number of hydrogen-bond donors (Lipinski definition) is 2. The number of ether oxygens (including phenoxy) is 1. The van der Waals surface area contributed by atoms with Gasteiger partial charge in [-0.1, -0.05) is 54.0 Å². The number of anilines is 1. The molecule has 1 unspecified atom stereocenters. The van der Waals surface area contributed by atoms with Crippen LogP contribution in [0, 0.1) is 29.5 Å². The molecule has 2 heterocycles. The zero-order valence-electron chi connectivity index (χ0n) is 24.4. The van der Waals surface area contributed by atoms with Gasteiger partial charge >= 0.3 is 0 Å². The predicted molar refractivity (Wildman–Crippen MR) is 169 cm³/mol. The Morgan fingerprint density at radius 2 is 1.82 bits per heavy atom. The Balaban J connectivity index is 1.59. The van der Waals surface area contributed by atoms with Crippen LogP contribution >= 0.6 is 15.9 Å². The summed E-state index contributed by atoms with van der Waals surface area (Å²) in [7, 11) is 0. The van der Waals surface area contributed by atoms with E-state index in [1.165, 1.54) is 12.1 Å². The van der Waals surface area contributed by atoms with Gasteiger partial charge in [-0.25, -0.2) is 14.1 Å². The lowest BCUT2D eigenvalue weighted by Gasteiger charge is -2.43. The molecule has 44 heavy (non-hydrogen) atoms. The van der Waals surface area contributed by atoms with E-state index in [0.29, 0.717) is 41.1 Å². The van der Waals surface area contributed by atoms with Gasteiger partial charge in [0.1, 0.15) is 17.4 Å². The van der Waals surface area contributed by atoms with Gasteiger partial charge in [0, 0.05) is 22.5 Å². The summed E-state index contributed by atoms with van der Waals surface area (Å²) in [6.45, 7) is 5.89. The molecule has 0 fully saturated rings. The standard InChI is InChI=1S/C34H30BrFN6O2/c1-20-29(33(44-25-11-7-8-22(36)16-25)41(39-20)24-9-5-4-6-10-24)30-26(19-37)32(38)42(40-23-14-12-21(35)13-15-23)27-17-34(2,3)18-28(43)31(27)30/h4-16,30,40H,17-18,38H2,1-3H3. The zero-order chi connectivity index (χ0) is 31.2. The molecule has 1 aliphatic heterocycles. The molecule has 0 amide bonds. The van der Waals surface area contributed by atoms with Gasteiger partial charge < -0.3 is 10.5 Å². The molecule has 2 aliphatic rings. The van der Waals surface area contributed by atoms with E-state index in [-0.39, 0.29) is 34.2 Å². The highest BCUT2D eigenvalue weighted by atomic mass is 79.9. The zero-order valence-corrected chi connectivity index (χ0v) is 26.0. The van der Waals surface area contributed by atoms with Crippen LogP contribution in [0.3, 0.4) is 0 Å². The third kappa shape index (κ3) is 5.35. The highest BCUT2D eigenvalue weighted by molar-refractivity contribution is 9.10. The Morgan fingerprint density at radius 1 is 1.09 bits per heavy atom. The van der Waals surface area contributed by atoms with E-state index in [4.69, 9.17) is 15.6 Å². The number of aryl methyl sites for hydroxylation is 1. The van der Waals surface area contributed by atoms with Crippen LogP contribution < -0.4 is 15.9 Å². The van der Waals surface area contributed by atoms with Crippen molar-refractivity contribution in [2.45, 2.75) is 39.5 Å². The van der Waals surface area contributed by atoms with Gasteiger partial charge in [0.05, 0.1) is 45.9 Å². The molecule has 0 saturated carbocycles. The second-order valence-electron chi connectivity index (χ2n) is 11.7. The number of hydrazine groups is 1.